The van der Waals surface area contributed by atoms with E-state index in [9.17, 15) is 9.59 Å². The highest BCUT2D eigenvalue weighted by Gasteiger charge is 2.21. The first-order valence-corrected chi connectivity index (χ1v) is 13.4. The van der Waals surface area contributed by atoms with Gasteiger partial charge >= 0.3 is 0 Å². The minimum atomic E-state index is -0.674. The van der Waals surface area contributed by atoms with Crippen LogP contribution in [0.4, 0.5) is 5.69 Å². The largest absolute Gasteiger partial charge is 0.399 e. The van der Waals surface area contributed by atoms with Gasteiger partial charge in [0, 0.05) is 30.4 Å². The zero-order valence-electron chi connectivity index (χ0n) is 21.9. The van der Waals surface area contributed by atoms with Gasteiger partial charge in [0.1, 0.15) is 0 Å². The molecule has 0 bridgehead atoms. The Bertz CT molecular complexity index is 1160. The van der Waals surface area contributed by atoms with E-state index in [-0.39, 0.29) is 17.9 Å². The van der Waals surface area contributed by atoms with Crippen LogP contribution < -0.4 is 16.8 Å². The number of carbonyl (C=O) groups is 2. The second kappa shape index (κ2) is 13.7. The van der Waals surface area contributed by atoms with Crippen molar-refractivity contribution in [3.8, 4) is 0 Å². The van der Waals surface area contributed by atoms with E-state index in [1.807, 2.05) is 66.7 Å². The molecule has 0 spiro atoms. The van der Waals surface area contributed by atoms with Crippen molar-refractivity contribution in [1.29, 1.82) is 0 Å². The number of benzene rings is 3. The lowest BCUT2D eigenvalue weighted by molar-refractivity contribution is -0.123. The molecule has 2 amide bonds. The van der Waals surface area contributed by atoms with E-state index < -0.39 is 6.04 Å². The van der Waals surface area contributed by atoms with Gasteiger partial charge in [0.15, 0.2) is 0 Å². The number of ether oxygens (including phenoxy) is 1. The molecule has 38 heavy (non-hydrogen) atoms. The highest BCUT2D eigenvalue weighted by atomic mass is 16.5. The van der Waals surface area contributed by atoms with Crippen molar-refractivity contribution >= 4 is 17.5 Å². The molecule has 3 aromatic carbocycles. The number of nitrogens with one attached hydrogen (secondary N) is 1. The molecule has 0 saturated carbocycles. The van der Waals surface area contributed by atoms with Gasteiger partial charge in [-0.05, 0) is 73.1 Å². The van der Waals surface area contributed by atoms with E-state index >= 15 is 0 Å². The van der Waals surface area contributed by atoms with Crippen LogP contribution in [0.25, 0.3) is 0 Å². The van der Waals surface area contributed by atoms with Crippen molar-refractivity contribution < 1.29 is 14.3 Å². The lowest BCUT2D eigenvalue weighted by Crippen LogP contribution is -2.46. The van der Waals surface area contributed by atoms with Crippen molar-refractivity contribution in [3.63, 3.8) is 0 Å². The van der Waals surface area contributed by atoms with Crippen molar-refractivity contribution in [1.82, 2.24) is 10.2 Å². The Morgan fingerprint density at radius 3 is 2.03 bits per heavy atom. The Balaban J connectivity index is 1.33. The molecule has 2 atom stereocenters. The average molecular weight is 515 g/mol. The number of amides is 2. The van der Waals surface area contributed by atoms with E-state index in [1.165, 1.54) is 11.1 Å². The Hall–Kier alpha value is -3.68. The van der Waals surface area contributed by atoms with Gasteiger partial charge in [-0.1, -0.05) is 54.6 Å². The fourth-order valence-electron chi connectivity index (χ4n) is 4.69. The molecular weight excluding hydrogens is 476 g/mol. The average Bonchev–Trinajstić information content (AvgIpc) is 2.96. The van der Waals surface area contributed by atoms with Crippen molar-refractivity contribution in [3.05, 3.63) is 101 Å². The highest BCUT2D eigenvalue weighted by Crippen LogP contribution is 2.14. The lowest BCUT2D eigenvalue weighted by atomic mass is 9.98. The maximum Gasteiger partial charge on any atom is 0.254 e. The smallest absolute Gasteiger partial charge is 0.254 e. The number of aryl methyl sites for hydroxylation is 2. The van der Waals surface area contributed by atoms with Crippen molar-refractivity contribution in [2.24, 2.45) is 5.73 Å². The van der Waals surface area contributed by atoms with Crippen LogP contribution >= 0.6 is 0 Å². The predicted octanol–water partition coefficient (Wildman–Crippen LogP) is 3.36. The summed E-state index contributed by atoms with van der Waals surface area (Å²) in [6, 6.07) is 24.9. The third kappa shape index (κ3) is 8.16. The minimum Gasteiger partial charge on any atom is -0.399 e. The molecule has 3 aromatic rings. The van der Waals surface area contributed by atoms with Gasteiger partial charge in [-0.3, -0.25) is 9.59 Å². The topological polar surface area (TPSA) is 111 Å². The Morgan fingerprint density at radius 1 is 0.816 bits per heavy atom. The molecule has 200 valence electrons. The molecule has 5 N–H and O–H groups in total. The van der Waals surface area contributed by atoms with E-state index in [2.05, 4.69) is 17.4 Å². The van der Waals surface area contributed by atoms with Gasteiger partial charge in [0.2, 0.25) is 5.91 Å². The Labute approximate surface area is 225 Å². The standard InChI is InChI=1S/C31H38N4O3/c32-27-14-8-24(9-15-27)11-17-28(16-10-23-4-2-1-3-5-23)34-30(36)29(33)22-25-6-12-26(13-7-25)31(37)35-18-20-38-21-19-35/h1-9,12-15,28-29H,10-11,16-22,32-33H2,(H,34,36)/t28-,29-/m0/s1. The third-order valence-corrected chi connectivity index (χ3v) is 7.02. The first kappa shape index (κ1) is 27.4. The molecule has 7 heteroatoms. The molecule has 1 heterocycles. The third-order valence-electron chi connectivity index (χ3n) is 7.02. The first-order chi connectivity index (χ1) is 18.5. The van der Waals surface area contributed by atoms with Gasteiger partial charge in [0.05, 0.1) is 19.3 Å². The molecule has 7 nitrogen and oxygen atoms in total. The molecule has 0 radical (unpaired) electrons. The summed E-state index contributed by atoms with van der Waals surface area (Å²) in [5.41, 5.74) is 16.9. The second-order valence-electron chi connectivity index (χ2n) is 9.92. The number of rotatable bonds is 11. The number of hydrogen-bond donors (Lipinski definition) is 3. The van der Waals surface area contributed by atoms with Gasteiger partial charge in [-0.15, -0.1) is 0 Å². The van der Waals surface area contributed by atoms with E-state index in [4.69, 9.17) is 16.2 Å². The van der Waals surface area contributed by atoms with E-state index in [1.54, 1.807) is 4.90 Å². The summed E-state index contributed by atoms with van der Waals surface area (Å²) in [5.74, 6) is -0.155. The number of nitrogen functional groups attached to an aromatic ring is 1. The maximum absolute atomic E-state index is 13.1. The molecule has 0 unspecified atom stereocenters. The summed E-state index contributed by atoms with van der Waals surface area (Å²) in [6.07, 6.45) is 3.76. The summed E-state index contributed by atoms with van der Waals surface area (Å²) in [6.45, 7) is 2.35. The van der Waals surface area contributed by atoms with Crippen LogP contribution in [0.5, 0.6) is 0 Å². The van der Waals surface area contributed by atoms with Crippen LogP contribution in [-0.2, 0) is 28.8 Å². The number of nitrogens with zero attached hydrogens (tertiary/aromatic N) is 1. The molecule has 0 aromatic heterocycles. The van der Waals surface area contributed by atoms with E-state index in [0.717, 1.165) is 36.9 Å². The van der Waals surface area contributed by atoms with Crippen LogP contribution in [0.2, 0.25) is 0 Å². The summed E-state index contributed by atoms with van der Waals surface area (Å²) in [5, 5.41) is 3.20. The molecule has 0 aliphatic carbocycles. The van der Waals surface area contributed by atoms with Crippen LogP contribution in [0.1, 0.15) is 39.9 Å². The zero-order chi connectivity index (χ0) is 26.7. The van der Waals surface area contributed by atoms with Gasteiger partial charge in [0.25, 0.3) is 5.91 Å². The summed E-state index contributed by atoms with van der Waals surface area (Å²) < 4.78 is 5.33. The summed E-state index contributed by atoms with van der Waals surface area (Å²) >= 11 is 0. The highest BCUT2D eigenvalue weighted by molar-refractivity contribution is 5.94. The normalized spacial score (nSPS) is 15.0. The molecular formula is C31H38N4O3. The van der Waals surface area contributed by atoms with Crippen LogP contribution in [0.3, 0.4) is 0 Å². The first-order valence-electron chi connectivity index (χ1n) is 13.4. The van der Waals surface area contributed by atoms with Gasteiger partial charge < -0.3 is 26.4 Å². The molecule has 1 saturated heterocycles. The molecule has 1 aliphatic heterocycles. The van der Waals surface area contributed by atoms with Gasteiger partial charge in [-0.25, -0.2) is 0 Å². The number of morpholine rings is 1. The quantitative estimate of drug-likeness (QED) is 0.340. The zero-order valence-corrected chi connectivity index (χ0v) is 21.9. The fraction of sp³-hybridized carbons (Fsp3) is 0.355. The van der Waals surface area contributed by atoms with Crippen LogP contribution in [0, 0.1) is 0 Å². The molecule has 4 rings (SSSR count). The summed E-state index contributed by atoms with van der Waals surface area (Å²) in [7, 11) is 0. The molecule has 1 fully saturated rings. The monoisotopic (exact) mass is 514 g/mol. The van der Waals surface area contributed by atoms with E-state index in [0.29, 0.717) is 38.3 Å². The Morgan fingerprint density at radius 2 is 1.39 bits per heavy atom. The maximum atomic E-state index is 13.1. The lowest BCUT2D eigenvalue weighted by Gasteiger charge is -2.27. The number of carbonyl (C=O) groups excluding carboxylic acids is 2. The number of hydrogen-bond acceptors (Lipinski definition) is 5. The Kier molecular flexibility index (Phi) is 9.90. The number of anilines is 1. The SMILES string of the molecule is Nc1ccc(CC[C@H](CCc2ccccc2)NC(=O)[C@@H](N)Cc2ccc(C(=O)N3CCOCC3)cc2)cc1. The van der Waals surface area contributed by atoms with Crippen LogP contribution in [-0.4, -0.2) is 55.1 Å². The summed E-state index contributed by atoms with van der Waals surface area (Å²) in [4.78, 5) is 27.6. The number of nitrogens with two attached hydrogens (primary N) is 2. The fourth-order valence-corrected chi connectivity index (χ4v) is 4.69. The van der Waals surface area contributed by atoms with Crippen molar-refractivity contribution in [2.45, 2.75) is 44.2 Å². The minimum absolute atomic E-state index is 0.000158. The van der Waals surface area contributed by atoms with Crippen LogP contribution in [0.15, 0.2) is 78.9 Å². The van der Waals surface area contributed by atoms with Crippen molar-refractivity contribution in [2.75, 3.05) is 32.0 Å². The predicted molar refractivity (Wildman–Crippen MR) is 151 cm³/mol. The molecule has 1 aliphatic rings. The van der Waals surface area contributed by atoms with Gasteiger partial charge in [-0.2, -0.15) is 0 Å². The second-order valence-corrected chi connectivity index (χ2v) is 9.92.